The zero-order chi connectivity index (χ0) is 17.1. The summed E-state index contributed by atoms with van der Waals surface area (Å²) < 4.78 is 0. The maximum atomic E-state index is 5.89. The summed E-state index contributed by atoms with van der Waals surface area (Å²) in [6, 6.07) is 0.174. The van der Waals surface area contributed by atoms with Crippen molar-refractivity contribution >= 4 is 11.9 Å². The largest absolute Gasteiger partial charge is 0.370 e. The van der Waals surface area contributed by atoms with E-state index in [4.69, 9.17) is 11.5 Å². The van der Waals surface area contributed by atoms with Crippen LogP contribution in [0, 0.1) is 11.8 Å². The first-order valence-electron chi connectivity index (χ1n) is 8.27. The van der Waals surface area contributed by atoms with Crippen LogP contribution in [-0.2, 0) is 0 Å². The van der Waals surface area contributed by atoms with Crippen molar-refractivity contribution in [2.45, 2.75) is 53.0 Å². The smallest absolute Gasteiger partial charge is 0.195 e. The summed E-state index contributed by atoms with van der Waals surface area (Å²) >= 11 is 0. The second-order valence-electron chi connectivity index (χ2n) is 6.75. The van der Waals surface area contributed by atoms with Crippen LogP contribution in [0.1, 0.15) is 47.0 Å². The summed E-state index contributed by atoms with van der Waals surface area (Å²) in [5.74, 6) is 1.90. The molecule has 0 heterocycles. The molecule has 0 saturated heterocycles. The van der Waals surface area contributed by atoms with Gasteiger partial charge in [0.1, 0.15) is 0 Å². The van der Waals surface area contributed by atoms with Crippen LogP contribution in [0.4, 0.5) is 0 Å². The zero-order valence-electron chi connectivity index (χ0n) is 15.3. The van der Waals surface area contributed by atoms with Gasteiger partial charge in [-0.3, -0.25) is 10.3 Å². The van der Waals surface area contributed by atoms with Crippen molar-refractivity contribution in [3.63, 3.8) is 0 Å². The van der Waals surface area contributed by atoms with Crippen LogP contribution in [0.3, 0.4) is 0 Å². The Morgan fingerprint density at radius 1 is 1.05 bits per heavy atom. The average molecular weight is 313 g/mol. The maximum Gasteiger partial charge on any atom is 0.195 e. The van der Waals surface area contributed by atoms with Gasteiger partial charge in [-0.15, -0.1) is 0 Å². The quantitative estimate of drug-likeness (QED) is 0.343. The molecule has 0 aliphatic heterocycles. The van der Waals surface area contributed by atoms with Crippen LogP contribution in [0.5, 0.6) is 0 Å². The molecule has 1 unspecified atom stereocenters. The summed E-state index contributed by atoms with van der Waals surface area (Å²) in [6.45, 7) is 10.5. The van der Waals surface area contributed by atoms with E-state index in [1.54, 1.807) is 0 Å². The van der Waals surface area contributed by atoms with Crippen LogP contribution >= 0.6 is 0 Å². The molecule has 0 aromatic rings. The molecule has 0 aliphatic rings. The first-order chi connectivity index (χ1) is 10.2. The lowest BCUT2D eigenvalue weighted by Crippen LogP contribution is -2.42. The molecule has 22 heavy (non-hydrogen) atoms. The van der Waals surface area contributed by atoms with Gasteiger partial charge in [0, 0.05) is 6.54 Å². The Morgan fingerprint density at radius 2 is 1.68 bits per heavy atom. The molecule has 0 aromatic carbocycles. The monoisotopic (exact) mass is 312 g/mol. The lowest BCUT2D eigenvalue weighted by atomic mass is 9.94. The third kappa shape index (κ3) is 11.4. The van der Waals surface area contributed by atoms with Crippen molar-refractivity contribution in [1.82, 2.24) is 10.2 Å². The van der Waals surface area contributed by atoms with Gasteiger partial charge in [-0.2, -0.15) is 0 Å². The first kappa shape index (κ1) is 20.7. The van der Waals surface area contributed by atoms with Crippen molar-refractivity contribution in [2.75, 3.05) is 27.2 Å². The van der Waals surface area contributed by atoms with E-state index in [9.17, 15) is 0 Å². The summed E-state index contributed by atoms with van der Waals surface area (Å²) in [5.41, 5.74) is 11.7. The molecule has 0 saturated carbocycles. The van der Waals surface area contributed by atoms with Gasteiger partial charge in [0.15, 0.2) is 11.9 Å². The SMILES string of the molecule is CC(C)CCC(C)[C@@H](C)N=C(N)NC(N)=NCCCN(C)C. The minimum atomic E-state index is 0.174. The summed E-state index contributed by atoms with van der Waals surface area (Å²) in [6.07, 6.45) is 3.34. The molecular formula is C16H36N6. The Bertz CT molecular complexity index is 349. The van der Waals surface area contributed by atoms with E-state index in [1.807, 2.05) is 14.1 Å². The number of hydrogen-bond donors (Lipinski definition) is 3. The standard InChI is InChI=1S/C16H36N6/c1-12(2)8-9-13(3)14(4)20-16(18)21-15(17)19-10-7-11-22(5)6/h12-14H,7-11H2,1-6H3,(H5,17,18,19,20,21)/t13?,14-/m1/s1. The van der Waals surface area contributed by atoms with E-state index in [-0.39, 0.29) is 6.04 Å². The van der Waals surface area contributed by atoms with E-state index in [0.29, 0.717) is 24.4 Å². The molecule has 6 nitrogen and oxygen atoms in total. The van der Waals surface area contributed by atoms with Gasteiger partial charge in [-0.1, -0.05) is 27.2 Å². The van der Waals surface area contributed by atoms with Crippen LogP contribution < -0.4 is 16.8 Å². The number of nitrogens with zero attached hydrogens (tertiary/aromatic N) is 3. The zero-order valence-corrected chi connectivity index (χ0v) is 15.3. The number of nitrogens with one attached hydrogen (secondary N) is 1. The summed E-state index contributed by atoms with van der Waals surface area (Å²) in [4.78, 5) is 10.8. The third-order valence-corrected chi connectivity index (χ3v) is 3.67. The Kier molecular flexibility index (Phi) is 10.6. The van der Waals surface area contributed by atoms with Crippen molar-refractivity contribution in [3.05, 3.63) is 0 Å². The van der Waals surface area contributed by atoms with Crippen LogP contribution in [0.15, 0.2) is 9.98 Å². The van der Waals surface area contributed by atoms with Crippen LogP contribution in [-0.4, -0.2) is 50.0 Å². The molecule has 2 atom stereocenters. The van der Waals surface area contributed by atoms with E-state index in [0.717, 1.165) is 25.3 Å². The van der Waals surface area contributed by atoms with E-state index >= 15 is 0 Å². The van der Waals surface area contributed by atoms with Gasteiger partial charge in [0.25, 0.3) is 0 Å². The highest BCUT2D eigenvalue weighted by Gasteiger charge is 2.12. The van der Waals surface area contributed by atoms with Crippen molar-refractivity contribution < 1.29 is 0 Å². The van der Waals surface area contributed by atoms with Gasteiger partial charge in [0.05, 0.1) is 6.04 Å². The number of hydrogen-bond acceptors (Lipinski definition) is 3. The Balaban J connectivity index is 4.20. The lowest BCUT2D eigenvalue weighted by Gasteiger charge is -2.18. The van der Waals surface area contributed by atoms with Gasteiger partial charge < -0.3 is 16.4 Å². The number of aliphatic imine (C=N–C) groups is 2. The second kappa shape index (κ2) is 11.3. The Morgan fingerprint density at radius 3 is 2.23 bits per heavy atom. The second-order valence-corrected chi connectivity index (χ2v) is 6.75. The first-order valence-corrected chi connectivity index (χ1v) is 8.27. The van der Waals surface area contributed by atoms with Crippen molar-refractivity contribution in [1.29, 1.82) is 0 Å². The molecule has 5 N–H and O–H groups in total. The van der Waals surface area contributed by atoms with Crippen molar-refractivity contribution in [3.8, 4) is 0 Å². The molecule has 0 aromatic heterocycles. The molecule has 0 spiro atoms. The summed E-state index contributed by atoms with van der Waals surface area (Å²) in [7, 11) is 4.08. The molecule has 6 heteroatoms. The van der Waals surface area contributed by atoms with Crippen LogP contribution in [0.25, 0.3) is 0 Å². The molecule has 0 rings (SSSR count). The topological polar surface area (TPSA) is 92.0 Å². The number of nitrogens with two attached hydrogens (primary N) is 2. The van der Waals surface area contributed by atoms with Gasteiger partial charge >= 0.3 is 0 Å². The molecule has 0 bridgehead atoms. The lowest BCUT2D eigenvalue weighted by molar-refractivity contribution is 0.402. The number of rotatable bonds is 9. The molecule has 0 radical (unpaired) electrons. The van der Waals surface area contributed by atoms with Crippen molar-refractivity contribution in [2.24, 2.45) is 33.3 Å². The predicted molar refractivity (Wildman–Crippen MR) is 97.1 cm³/mol. The van der Waals surface area contributed by atoms with Gasteiger partial charge in [-0.25, -0.2) is 4.99 Å². The van der Waals surface area contributed by atoms with E-state index in [1.165, 1.54) is 6.42 Å². The highest BCUT2D eigenvalue weighted by atomic mass is 15.2. The normalized spacial score (nSPS) is 16.2. The predicted octanol–water partition coefficient (Wildman–Crippen LogP) is 1.62. The van der Waals surface area contributed by atoms with E-state index in [2.05, 4.69) is 47.9 Å². The third-order valence-electron chi connectivity index (χ3n) is 3.67. The highest BCUT2D eigenvalue weighted by Crippen LogP contribution is 2.16. The fourth-order valence-corrected chi connectivity index (χ4v) is 1.97. The molecular weight excluding hydrogens is 276 g/mol. The van der Waals surface area contributed by atoms with Gasteiger partial charge in [-0.05, 0) is 52.2 Å². The average Bonchev–Trinajstić information content (AvgIpc) is 2.40. The van der Waals surface area contributed by atoms with Crippen LogP contribution in [0.2, 0.25) is 0 Å². The van der Waals surface area contributed by atoms with Gasteiger partial charge in [0.2, 0.25) is 0 Å². The fraction of sp³-hybridized carbons (Fsp3) is 0.875. The fourth-order valence-electron chi connectivity index (χ4n) is 1.97. The number of guanidine groups is 2. The highest BCUT2D eigenvalue weighted by molar-refractivity contribution is 5.97. The maximum absolute atomic E-state index is 5.89. The minimum absolute atomic E-state index is 0.174. The molecule has 0 fully saturated rings. The van der Waals surface area contributed by atoms with E-state index < -0.39 is 0 Å². The molecule has 0 aliphatic carbocycles. The Hall–Kier alpha value is -1.30. The molecule has 0 amide bonds. The summed E-state index contributed by atoms with van der Waals surface area (Å²) in [5, 5.41) is 2.86. The Labute approximate surface area is 136 Å². The minimum Gasteiger partial charge on any atom is -0.370 e. The molecule has 130 valence electrons.